The first-order valence-corrected chi connectivity index (χ1v) is 12.1. The van der Waals surface area contributed by atoms with Crippen molar-refractivity contribution < 1.29 is 21.5 Å². The molecular weight excluding hydrogens is 406 g/mol. The maximum atomic E-state index is 5.90. The van der Waals surface area contributed by atoms with Gasteiger partial charge in [0.2, 0.25) is 0 Å². The third-order valence-corrected chi connectivity index (χ3v) is 5.95. The van der Waals surface area contributed by atoms with Crippen LogP contribution >= 0.6 is 11.6 Å². The topological polar surface area (TPSA) is 0 Å². The number of hydrogen-bond donors (Lipinski definition) is 0. The molecule has 26 heavy (non-hydrogen) atoms. The number of rotatable bonds is 20. The summed E-state index contributed by atoms with van der Waals surface area (Å²) in [5, 5.41) is 0. The molecular formula is C23H49BrClN. The fraction of sp³-hybridized carbons (Fsp3) is 1.00. The fourth-order valence-electron chi connectivity index (χ4n) is 3.82. The summed E-state index contributed by atoms with van der Waals surface area (Å²) in [7, 11) is 2.50. The molecule has 0 spiro atoms. The quantitative estimate of drug-likeness (QED) is 0.139. The van der Waals surface area contributed by atoms with Gasteiger partial charge in [0.05, 0.1) is 26.7 Å². The van der Waals surface area contributed by atoms with E-state index in [1.165, 1.54) is 127 Å². The van der Waals surface area contributed by atoms with Crippen molar-refractivity contribution in [2.75, 3.05) is 32.6 Å². The predicted molar refractivity (Wildman–Crippen MR) is 117 cm³/mol. The lowest BCUT2D eigenvalue weighted by Gasteiger charge is -2.35. The SMILES string of the molecule is CCCCCCCCC[N+](C)(CCCCCl)CCCCCCCCC.[Br-]. The van der Waals surface area contributed by atoms with Crippen molar-refractivity contribution in [1.82, 2.24) is 0 Å². The van der Waals surface area contributed by atoms with Gasteiger partial charge in [-0.25, -0.2) is 0 Å². The highest BCUT2D eigenvalue weighted by Crippen LogP contribution is 2.15. The lowest BCUT2D eigenvalue weighted by Crippen LogP contribution is -3.00. The minimum absolute atomic E-state index is 0. The fourth-order valence-corrected chi connectivity index (χ4v) is 4.01. The summed E-state index contributed by atoms with van der Waals surface area (Å²) in [6.07, 6.45) is 22.4. The van der Waals surface area contributed by atoms with Crippen molar-refractivity contribution in [2.24, 2.45) is 0 Å². The number of halogens is 2. The van der Waals surface area contributed by atoms with Crippen LogP contribution in [0.25, 0.3) is 0 Å². The number of alkyl halides is 1. The van der Waals surface area contributed by atoms with Crippen LogP contribution in [0.5, 0.6) is 0 Å². The highest BCUT2D eigenvalue weighted by atomic mass is 79.9. The van der Waals surface area contributed by atoms with Gasteiger partial charge in [-0.2, -0.15) is 0 Å². The van der Waals surface area contributed by atoms with Crippen LogP contribution in [0.1, 0.15) is 117 Å². The van der Waals surface area contributed by atoms with Gasteiger partial charge in [0.25, 0.3) is 0 Å². The summed E-state index contributed by atoms with van der Waals surface area (Å²) in [5.74, 6) is 0.828. The van der Waals surface area contributed by atoms with Crippen LogP contribution in [0, 0.1) is 0 Å². The summed E-state index contributed by atoms with van der Waals surface area (Å²) in [6.45, 7) is 8.69. The van der Waals surface area contributed by atoms with Crippen molar-refractivity contribution in [3.05, 3.63) is 0 Å². The van der Waals surface area contributed by atoms with E-state index >= 15 is 0 Å². The summed E-state index contributed by atoms with van der Waals surface area (Å²) in [6, 6.07) is 0. The highest BCUT2D eigenvalue weighted by molar-refractivity contribution is 6.17. The maximum absolute atomic E-state index is 5.90. The molecule has 0 atom stereocenters. The molecule has 0 amide bonds. The molecule has 3 heteroatoms. The lowest BCUT2D eigenvalue weighted by molar-refractivity contribution is -0.910. The van der Waals surface area contributed by atoms with Crippen LogP contribution < -0.4 is 17.0 Å². The van der Waals surface area contributed by atoms with E-state index in [4.69, 9.17) is 11.6 Å². The molecule has 0 aromatic rings. The third kappa shape index (κ3) is 19.5. The molecule has 0 unspecified atom stereocenters. The first-order valence-electron chi connectivity index (χ1n) is 11.6. The Hall–Kier alpha value is 0.730. The molecule has 1 nitrogen and oxygen atoms in total. The number of nitrogens with zero attached hydrogens (tertiary/aromatic N) is 1. The van der Waals surface area contributed by atoms with Gasteiger partial charge in [-0.15, -0.1) is 11.6 Å². The molecule has 0 aliphatic rings. The lowest BCUT2D eigenvalue weighted by atomic mass is 10.1. The average Bonchev–Trinajstić information content (AvgIpc) is 2.60. The van der Waals surface area contributed by atoms with Crippen LogP contribution in [0.2, 0.25) is 0 Å². The smallest absolute Gasteiger partial charge is 0.0784 e. The molecule has 0 heterocycles. The van der Waals surface area contributed by atoms with Gasteiger partial charge in [0.1, 0.15) is 0 Å². The van der Waals surface area contributed by atoms with E-state index < -0.39 is 0 Å². The summed E-state index contributed by atoms with van der Waals surface area (Å²) >= 11 is 5.90. The van der Waals surface area contributed by atoms with Crippen molar-refractivity contribution in [3.63, 3.8) is 0 Å². The van der Waals surface area contributed by atoms with Gasteiger partial charge in [-0.1, -0.05) is 78.1 Å². The second-order valence-corrected chi connectivity index (χ2v) is 8.81. The van der Waals surface area contributed by atoms with Crippen LogP contribution in [-0.4, -0.2) is 37.0 Å². The molecule has 0 rings (SSSR count). The summed E-state index contributed by atoms with van der Waals surface area (Å²) in [4.78, 5) is 0. The summed E-state index contributed by atoms with van der Waals surface area (Å²) in [5.41, 5.74) is 0. The van der Waals surface area contributed by atoms with Crippen molar-refractivity contribution >= 4 is 11.6 Å². The third-order valence-electron chi connectivity index (χ3n) is 5.68. The molecule has 0 N–H and O–H groups in total. The van der Waals surface area contributed by atoms with Gasteiger partial charge in [-0.3, -0.25) is 0 Å². The molecule has 0 aromatic carbocycles. The normalized spacial score (nSPS) is 11.5. The Labute approximate surface area is 182 Å². The predicted octanol–water partition coefficient (Wildman–Crippen LogP) is 4.96. The van der Waals surface area contributed by atoms with Crippen molar-refractivity contribution in [1.29, 1.82) is 0 Å². The van der Waals surface area contributed by atoms with Crippen LogP contribution in [0.3, 0.4) is 0 Å². The first kappa shape index (κ1) is 28.9. The van der Waals surface area contributed by atoms with Gasteiger partial charge < -0.3 is 21.5 Å². The second-order valence-electron chi connectivity index (χ2n) is 8.43. The van der Waals surface area contributed by atoms with Crippen LogP contribution in [0.15, 0.2) is 0 Å². The molecule has 0 aliphatic carbocycles. The molecule has 0 bridgehead atoms. The van der Waals surface area contributed by atoms with Gasteiger partial charge in [0, 0.05) is 5.88 Å². The van der Waals surface area contributed by atoms with Gasteiger partial charge in [0.15, 0.2) is 0 Å². The van der Waals surface area contributed by atoms with E-state index in [-0.39, 0.29) is 17.0 Å². The Kier molecular flexibility index (Phi) is 24.5. The average molecular weight is 455 g/mol. The molecule has 0 aromatic heterocycles. The highest BCUT2D eigenvalue weighted by Gasteiger charge is 2.19. The Bertz CT molecular complexity index is 243. The zero-order valence-electron chi connectivity index (χ0n) is 18.3. The van der Waals surface area contributed by atoms with E-state index in [0.29, 0.717) is 0 Å². The number of unbranched alkanes of at least 4 members (excludes halogenated alkanes) is 13. The molecule has 160 valence electrons. The first-order chi connectivity index (χ1) is 12.2. The number of hydrogen-bond acceptors (Lipinski definition) is 0. The monoisotopic (exact) mass is 453 g/mol. The van der Waals surface area contributed by atoms with Crippen molar-refractivity contribution in [3.8, 4) is 0 Å². The Morgan fingerprint density at radius 2 is 0.808 bits per heavy atom. The molecule has 0 radical (unpaired) electrons. The van der Waals surface area contributed by atoms with Gasteiger partial charge in [-0.05, 0) is 38.5 Å². The van der Waals surface area contributed by atoms with E-state index in [9.17, 15) is 0 Å². The number of quaternary nitrogens is 1. The van der Waals surface area contributed by atoms with E-state index in [1.807, 2.05) is 0 Å². The van der Waals surface area contributed by atoms with E-state index in [1.54, 1.807) is 0 Å². The standard InChI is InChI=1S/C23H49ClN.BrH/c1-4-6-8-10-12-14-17-21-25(3,23-19-16-20-24)22-18-15-13-11-9-7-5-2;/h4-23H2,1-3H3;1H/q+1;/p-1. The van der Waals surface area contributed by atoms with E-state index in [2.05, 4.69) is 20.9 Å². The Morgan fingerprint density at radius 1 is 0.500 bits per heavy atom. The Morgan fingerprint density at radius 3 is 1.15 bits per heavy atom. The van der Waals surface area contributed by atoms with Crippen LogP contribution in [-0.2, 0) is 0 Å². The Balaban J connectivity index is 0. The minimum Gasteiger partial charge on any atom is -1.00 e. The zero-order chi connectivity index (χ0) is 18.6. The summed E-state index contributed by atoms with van der Waals surface area (Å²) < 4.78 is 1.29. The van der Waals surface area contributed by atoms with Crippen molar-refractivity contribution in [2.45, 2.75) is 117 Å². The molecule has 0 fully saturated rings. The van der Waals surface area contributed by atoms with E-state index in [0.717, 1.165) is 5.88 Å². The van der Waals surface area contributed by atoms with Gasteiger partial charge >= 0.3 is 0 Å². The minimum atomic E-state index is 0. The molecule has 0 aliphatic heterocycles. The largest absolute Gasteiger partial charge is 1.00 e. The van der Waals surface area contributed by atoms with Crippen LogP contribution in [0.4, 0.5) is 0 Å². The molecule has 0 saturated heterocycles. The molecule has 0 saturated carbocycles. The maximum Gasteiger partial charge on any atom is 0.0784 e. The zero-order valence-corrected chi connectivity index (χ0v) is 20.7. The second kappa shape index (κ2) is 22.0.